The van der Waals surface area contributed by atoms with Crippen molar-refractivity contribution in [2.24, 2.45) is 7.05 Å². The van der Waals surface area contributed by atoms with Crippen molar-refractivity contribution in [1.29, 1.82) is 0 Å². The summed E-state index contributed by atoms with van der Waals surface area (Å²) >= 11 is 3.35. The SMILES string of the molecule is Cn1c(=O)oc2cc(Nc3ncncc3Br)ccc21. The summed E-state index contributed by atoms with van der Waals surface area (Å²) in [6.45, 7) is 0. The number of nitrogens with one attached hydrogen (secondary N) is 1. The maximum Gasteiger partial charge on any atom is 0.419 e. The Kier molecular flexibility index (Phi) is 2.83. The molecule has 1 N–H and O–H groups in total. The lowest BCUT2D eigenvalue weighted by molar-refractivity contribution is 0.528. The van der Waals surface area contributed by atoms with Gasteiger partial charge in [0.25, 0.3) is 0 Å². The first-order valence-electron chi connectivity index (χ1n) is 5.47. The van der Waals surface area contributed by atoms with Gasteiger partial charge in [0.05, 0.1) is 9.99 Å². The Balaban J connectivity index is 2.03. The molecule has 96 valence electrons. The Labute approximate surface area is 116 Å². The maximum absolute atomic E-state index is 11.4. The van der Waals surface area contributed by atoms with E-state index in [4.69, 9.17) is 4.42 Å². The average Bonchev–Trinajstić information content (AvgIpc) is 2.68. The van der Waals surface area contributed by atoms with Gasteiger partial charge in [-0.2, -0.15) is 0 Å². The van der Waals surface area contributed by atoms with Crippen LogP contribution in [0.25, 0.3) is 11.1 Å². The van der Waals surface area contributed by atoms with Crippen LogP contribution in [0.2, 0.25) is 0 Å². The molecule has 0 saturated heterocycles. The summed E-state index contributed by atoms with van der Waals surface area (Å²) in [7, 11) is 1.67. The number of nitrogens with zero attached hydrogens (tertiary/aromatic N) is 3. The number of rotatable bonds is 2. The maximum atomic E-state index is 11.4. The first-order valence-corrected chi connectivity index (χ1v) is 6.26. The van der Waals surface area contributed by atoms with Gasteiger partial charge in [-0.3, -0.25) is 4.57 Å². The smallest absolute Gasteiger partial charge is 0.408 e. The molecular weight excluding hydrogens is 312 g/mol. The molecule has 3 aromatic rings. The molecule has 0 aliphatic carbocycles. The number of hydrogen-bond donors (Lipinski definition) is 1. The third-order valence-corrected chi connectivity index (χ3v) is 3.30. The molecule has 1 aromatic carbocycles. The second-order valence-corrected chi connectivity index (χ2v) is 4.81. The number of aromatic nitrogens is 3. The number of oxazole rings is 1. The molecule has 0 radical (unpaired) electrons. The molecule has 0 aliphatic heterocycles. The van der Waals surface area contributed by atoms with E-state index in [1.54, 1.807) is 19.3 Å². The van der Waals surface area contributed by atoms with Crippen molar-refractivity contribution in [2.45, 2.75) is 0 Å². The third kappa shape index (κ3) is 2.12. The van der Waals surface area contributed by atoms with E-state index in [2.05, 4.69) is 31.2 Å². The lowest BCUT2D eigenvalue weighted by atomic mass is 10.3. The minimum Gasteiger partial charge on any atom is -0.408 e. The van der Waals surface area contributed by atoms with Crippen molar-refractivity contribution in [3.8, 4) is 0 Å². The molecular formula is C12H9BrN4O2. The molecule has 7 heteroatoms. The summed E-state index contributed by atoms with van der Waals surface area (Å²) in [6.07, 6.45) is 3.10. The van der Waals surface area contributed by atoms with Crippen LogP contribution in [0.5, 0.6) is 0 Å². The molecule has 0 amide bonds. The number of hydrogen-bond acceptors (Lipinski definition) is 5. The third-order valence-electron chi connectivity index (χ3n) is 2.72. The Bertz CT molecular complexity index is 809. The Morgan fingerprint density at radius 2 is 2.26 bits per heavy atom. The van der Waals surface area contributed by atoms with E-state index >= 15 is 0 Å². The minimum absolute atomic E-state index is 0.379. The standard InChI is InChI=1S/C12H9BrN4O2/c1-17-9-3-2-7(4-10(9)19-12(17)18)16-11-8(13)5-14-6-15-11/h2-6H,1H3,(H,14,15,16). The Morgan fingerprint density at radius 1 is 1.42 bits per heavy atom. The predicted molar refractivity (Wildman–Crippen MR) is 74.5 cm³/mol. The van der Waals surface area contributed by atoms with Gasteiger partial charge >= 0.3 is 5.76 Å². The van der Waals surface area contributed by atoms with Crippen LogP contribution in [0.3, 0.4) is 0 Å². The van der Waals surface area contributed by atoms with E-state index in [9.17, 15) is 4.79 Å². The van der Waals surface area contributed by atoms with E-state index in [1.165, 1.54) is 10.9 Å². The second-order valence-electron chi connectivity index (χ2n) is 3.95. The number of benzene rings is 1. The molecule has 3 rings (SSSR count). The molecule has 0 aliphatic rings. The van der Waals surface area contributed by atoms with Crippen LogP contribution < -0.4 is 11.1 Å². The van der Waals surface area contributed by atoms with E-state index < -0.39 is 0 Å². The van der Waals surface area contributed by atoms with Crippen LogP contribution in [-0.4, -0.2) is 14.5 Å². The summed E-state index contributed by atoms with van der Waals surface area (Å²) in [4.78, 5) is 19.4. The van der Waals surface area contributed by atoms with Crippen molar-refractivity contribution in [3.63, 3.8) is 0 Å². The summed E-state index contributed by atoms with van der Waals surface area (Å²) in [6, 6.07) is 5.43. The number of halogens is 1. The summed E-state index contributed by atoms with van der Waals surface area (Å²) in [5, 5.41) is 3.12. The van der Waals surface area contributed by atoms with E-state index in [0.29, 0.717) is 11.4 Å². The zero-order chi connectivity index (χ0) is 13.4. The molecule has 0 saturated carbocycles. The van der Waals surface area contributed by atoms with Crippen molar-refractivity contribution in [3.05, 3.63) is 45.7 Å². The quantitative estimate of drug-likeness (QED) is 0.785. The van der Waals surface area contributed by atoms with E-state index in [1.807, 2.05) is 12.1 Å². The van der Waals surface area contributed by atoms with Gasteiger partial charge in [0, 0.05) is 25.0 Å². The zero-order valence-electron chi connectivity index (χ0n) is 9.92. The molecule has 19 heavy (non-hydrogen) atoms. The highest BCUT2D eigenvalue weighted by Crippen LogP contribution is 2.24. The lowest BCUT2D eigenvalue weighted by Gasteiger charge is -2.06. The van der Waals surface area contributed by atoms with Crippen molar-refractivity contribution < 1.29 is 4.42 Å². The van der Waals surface area contributed by atoms with E-state index in [-0.39, 0.29) is 5.76 Å². The molecule has 0 atom stereocenters. The number of fused-ring (bicyclic) bond motifs is 1. The normalized spacial score (nSPS) is 10.8. The highest BCUT2D eigenvalue weighted by Gasteiger charge is 2.07. The van der Waals surface area contributed by atoms with Crippen LogP contribution in [-0.2, 0) is 7.05 Å². The van der Waals surface area contributed by atoms with Crippen molar-refractivity contribution >= 4 is 38.5 Å². The van der Waals surface area contributed by atoms with Gasteiger partial charge < -0.3 is 9.73 Å². The zero-order valence-corrected chi connectivity index (χ0v) is 11.5. The molecule has 2 heterocycles. The summed E-state index contributed by atoms with van der Waals surface area (Å²) < 4.78 is 7.34. The molecule has 6 nitrogen and oxygen atoms in total. The van der Waals surface area contributed by atoms with Gasteiger partial charge in [-0.05, 0) is 28.1 Å². The molecule has 0 spiro atoms. The fourth-order valence-corrected chi connectivity index (χ4v) is 2.07. The molecule has 0 fully saturated rings. The highest BCUT2D eigenvalue weighted by atomic mass is 79.9. The van der Waals surface area contributed by atoms with E-state index in [0.717, 1.165) is 15.7 Å². The van der Waals surface area contributed by atoms with Gasteiger partial charge in [0.1, 0.15) is 12.1 Å². The number of aryl methyl sites for hydroxylation is 1. The second kappa shape index (κ2) is 4.51. The van der Waals surface area contributed by atoms with Crippen LogP contribution >= 0.6 is 15.9 Å². The van der Waals surface area contributed by atoms with Gasteiger partial charge in [0.15, 0.2) is 5.58 Å². The summed E-state index contributed by atoms with van der Waals surface area (Å²) in [5.41, 5.74) is 2.06. The first-order chi connectivity index (χ1) is 9.15. The Morgan fingerprint density at radius 3 is 3.05 bits per heavy atom. The van der Waals surface area contributed by atoms with Gasteiger partial charge in [-0.25, -0.2) is 14.8 Å². The fraction of sp³-hybridized carbons (Fsp3) is 0.0833. The minimum atomic E-state index is -0.379. The monoisotopic (exact) mass is 320 g/mol. The lowest BCUT2D eigenvalue weighted by Crippen LogP contribution is -2.08. The van der Waals surface area contributed by atoms with Crippen LogP contribution in [0.1, 0.15) is 0 Å². The summed E-state index contributed by atoms with van der Waals surface area (Å²) in [5.74, 6) is 0.267. The largest absolute Gasteiger partial charge is 0.419 e. The highest BCUT2D eigenvalue weighted by molar-refractivity contribution is 9.10. The first kappa shape index (κ1) is 11.9. The molecule has 2 aromatic heterocycles. The predicted octanol–water partition coefficient (Wildman–Crippen LogP) is 2.43. The molecule has 0 unspecified atom stereocenters. The van der Waals surface area contributed by atoms with Crippen LogP contribution in [0.15, 0.2) is 44.4 Å². The fourth-order valence-electron chi connectivity index (χ4n) is 1.75. The van der Waals surface area contributed by atoms with Gasteiger partial charge in [-0.1, -0.05) is 0 Å². The van der Waals surface area contributed by atoms with Gasteiger partial charge in [0.2, 0.25) is 0 Å². The number of anilines is 2. The van der Waals surface area contributed by atoms with Crippen molar-refractivity contribution in [2.75, 3.05) is 5.32 Å². The van der Waals surface area contributed by atoms with Crippen LogP contribution in [0, 0.1) is 0 Å². The van der Waals surface area contributed by atoms with Crippen molar-refractivity contribution in [1.82, 2.24) is 14.5 Å². The topological polar surface area (TPSA) is 73.0 Å². The van der Waals surface area contributed by atoms with Crippen LogP contribution in [0.4, 0.5) is 11.5 Å². The average molecular weight is 321 g/mol. The Hall–Kier alpha value is -2.15. The van der Waals surface area contributed by atoms with Gasteiger partial charge in [-0.15, -0.1) is 0 Å². The molecule has 0 bridgehead atoms.